The molecule has 0 aromatic rings. The standard InChI is InChI=1S/C25H49P3/c1-14-26(11)17-28(13,18-27(12)15-2)22(5,6)16-25-20(4)23(7,8)19(3)21(25)24(25,9)10/h19-21H,11-18H2,1-10H3/q+2/t19-,20+,21?,25+/m1/s1. The van der Waals surface area contributed by atoms with Crippen LogP contribution >= 0.6 is 22.0 Å². The van der Waals surface area contributed by atoms with Gasteiger partial charge in [0.15, 0.2) is 0 Å². The fraction of sp³-hybridized carbons (Fsp3) is 0.880. The third-order valence-electron chi connectivity index (χ3n) is 9.86. The molecule has 0 radical (unpaired) electrons. The Hall–Kier alpha value is 0.640. The van der Waals surface area contributed by atoms with E-state index in [4.69, 9.17) is 6.30 Å². The summed E-state index contributed by atoms with van der Waals surface area (Å²) in [4.78, 5) is 0. The van der Waals surface area contributed by atoms with Crippen molar-refractivity contribution in [3.8, 4) is 0 Å². The zero-order chi connectivity index (χ0) is 21.9. The molecule has 0 nitrogen and oxygen atoms in total. The van der Waals surface area contributed by atoms with Gasteiger partial charge in [-0.25, -0.2) is 0 Å². The Bertz CT molecular complexity index is 671. The molecule has 0 amide bonds. The molecule has 0 aliphatic heterocycles. The molecule has 0 spiro atoms. The minimum absolute atomic E-state index is 0.130. The van der Waals surface area contributed by atoms with Crippen LogP contribution in [0.2, 0.25) is 0 Å². The van der Waals surface area contributed by atoms with Gasteiger partial charge < -0.3 is 0 Å². The van der Waals surface area contributed by atoms with Gasteiger partial charge in [0.1, 0.15) is 24.1 Å². The molecular formula is C25H49P3+2. The van der Waals surface area contributed by atoms with Crippen molar-refractivity contribution in [3.05, 3.63) is 0 Å². The minimum atomic E-state index is -1.35. The minimum Gasteiger partial charge on any atom is -0.0926 e. The number of fused-ring (bicyclic) bond motifs is 1. The van der Waals surface area contributed by atoms with Crippen LogP contribution in [0.4, 0.5) is 0 Å². The SMILES string of the molecule is C=[P+](CC)CP(=C)(C[P+](=C)CC)C(C)(C)C[C@@]12C([C@@H](C)C(C)(C)[C@@H]1C)C2(C)C. The maximum Gasteiger partial charge on any atom is 0.127 e. The fourth-order valence-electron chi connectivity index (χ4n) is 7.08. The largest absolute Gasteiger partial charge is 0.127 e. The molecule has 0 aromatic heterocycles. The molecule has 3 heteroatoms. The van der Waals surface area contributed by atoms with Crippen LogP contribution < -0.4 is 0 Å². The Morgan fingerprint density at radius 1 is 0.929 bits per heavy atom. The van der Waals surface area contributed by atoms with Crippen molar-refractivity contribution >= 4 is 40.9 Å². The molecule has 2 fully saturated rings. The average Bonchev–Trinajstić information content (AvgIpc) is 3.00. The fourth-order valence-corrected chi connectivity index (χ4v) is 19.6. The van der Waals surface area contributed by atoms with Crippen LogP contribution in [0.5, 0.6) is 0 Å². The summed E-state index contributed by atoms with van der Waals surface area (Å²) in [5, 5.41) is 0.328. The molecule has 2 rings (SSSR count). The Morgan fingerprint density at radius 3 is 1.71 bits per heavy atom. The molecule has 162 valence electrons. The van der Waals surface area contributed by atoms with Crippen molar-refractivity contribution in [2.45, 2.75) is 80.8 Å². The zero-order valence-corrected chi connectivity index (χ0v) is 23.4. The van der Waals surface area contributed by atoms with Crippen molar-refractivity contribution in [2.24, 2.45) is 34.0 Å². The van der Waals surface area contributed by atoms with Crippen LogP contribution in [-0.4, -0.2) is 48.2 Å². The average molecular weight is 443 g/mol. The lowest BCUT2D eigenvalue weighted by Gasteiger charge is -2.45. The number of rotatable bonds is 9. The second-order valence-electron chi connectivity index (χ2n) is 12.0. The highest BCUT2D eigenvalue weighted by atomic mass is 31.2. The van der Waals surface area contributed by atoms with Gasteiger partial charge in [-0.2, -0.15) is 0 Å². The first kappa shape index (κ1) is 24.9. The van der Waals surface area contributed by atoms with Crippen LogP contribution in [0.3, 0.4) is 0 Å². The van der Waals surface area contributed by atoms with Crippen molar-refractivity contribution in [1.29, 1.82) is 0 Å². The number of hydrogen-bond acceptors (Lipinski definition) is 0. The second kappa shape index (κ2) is 7.65. The topological polar surface area (TPSA) is 0 Å². The summed E-state index contributed by atoms with van der Waals surface area (Å²) < 4.78 is 0. The summed E-state index contributed by atoms with van der Waals surface area (Å²) in [6, 6.07) is 0. The van der Waals surface area contributed by atoms with E-state index in [1.54, 1.807) is 0 Å². The van der Waals surface area contributed by atoms with E-state index in [-0.39, 0.29) is 15.1 Å². The molecule has 0 aromatic carbocycles. The molecule has 0 saturated heterocycles. The Labute approximate surface area is 179 Å². The van der Waals surface area contributed by atoms with Crippen molar-refractivity contribution in [2.75, 3.05) is 24.1 Å². The Balaban J connectivity index is 2.45. The van der Waals surface area contributed by atoms with Gasteiger partial charge in [-0.1, -0.05) is 61.7 Å². The highest BCUT2D eigenvalue weighted by Crippen LogP contribution is 2.87. The summed E-state index contributed by atoms with van der Waals surface area (Å²) in [5.74, 6) is 5.09. The maximum absolute atomic E-state index is 5.10. The van der Waals surface area contributed by atoms with E-state index >= 15 is 0 Å². The third kappa shape index (κ3) is 3.51. The van der Waals surface area contributed by atoms with E-state index in [0.717, 1.165) is 17.8 Å². The van der Waals surface area contributed by atoms with E-state index in [9.17, 15) is 0 Å². The summed E-state index contributed by atoms with van der Waals surface area (Å²) in [7, 11) is -0.261. The molecule has 0 bridgehead atoms. The van der Waals surface area contributed by atoms with E-state index in [2.05, 4.69) is 81.8 Å². The normalized spacial score (nSPS) is 36.4. The van der Waals surface area contributed by atoms with Crippen LogP contribution in [0, 0.1) is 34.0 Å². The number of hydrogen-bond donors (Lipinski definition) is 0. The van der Waals surface area contributed by atoms with E-state index < -0.39 is 6.89 Å². The van der Waals surface area contributed by atoms with Gasteiger partial charge in [-0.3, -0.25) is 0 Å². The first-order valence-corrected chi connectivity index (χ1v) is 17.5. The predicted octanol–water partition coefficient (Wildman–Crippen LogP) is 8.34. The highest BCUT2D eigenvalue weighted by molar-refractivity contribution is 7.89. The first-order chi connectivity index (χ1) is 12.5. The summed E-state index contributed by atoms with van der Waals surface area (Å²) in [6.07, 6.45) is 18.1. The predicted molar refractivity (Wildman–Crippen MR) is 143 cm³/mol. The molecule has 2 aliphatic carbocycles. The zero-order valence-electron chi connectivity index (χ0n) is 20.7. The molecular weight excluding hydrogens is 393 g/mol. The molecule has 0 heterocycles. The third-order valence-corrected chi connectivity index (χ3v) is 21.9. The van der Waals surface area contributed by atoms with Crippen LogP contribution in [0.15, 0.2) is 0 Å². The van der Waals surface area contributed by atoms with E-state index in [0.29, 0.717) is 21.4 Å². The van der Waals surface area contributed by atoms with Crippen LogP contribution in [-0.2, 0) is 0 Å². The Morgan fingerprint density at radius 2 is 1.36 bits per heavy atom. The van der Waals surface area contributed by atoms with Gasteiger partial charge in [-0.15, -0.1) is 0 Å². The summed E-state index contributed by atoms with van der Waals surface area (Å²) >= 11 is 0. The van der Waals surface area contributed by atoms with Gasteiger partial charge in [-0.05, 0) is 66.3 Å². The monoisotopic (exact) mass is 442 g/mol. The van der Waals surface area contributed by atoms with Crippen molar-refractivity contribution in [1.82, 2.24) is 0 Å². The highest BCUT2D eigenvalue weighted by Gasteiger charge is 2.81. The van der Waals surface area contributed by atoms with Crippen molar-refractivity contribution in [3.63, 3.8) is 0 Å². The quantitative estimate of drug-likeness (QED) is 0.315. The van der Waals surface area contributed by atoms with Gasteiger partial charge in [0.05, 0.1) is 27.7 Å². The Kier molecular flexibility index (Phi) is 6.80. The molecule has 3 unspecified atom stereocenters. The van der Waals surface area contributed by atoms with E-state index in [1.165, 1.54) is 30.6 Å². The molecule has 0 N–H and O–H groups in total. The first-order valence-electron chi connectivity index (χ1n) is 11.4. The van der Waals surface area contributed by atoms with Crippen LogP contribution in [0.1, 0.15) is 75.7 Å². The van der Waals surface area contributed by atoms with Gasteiger partial charge in [0.2, 0.25) is 0 Å². The van der Waals surface area contributed by atoms with Gasteiger partial charge in [0, 0.05) is 0 Å². The van der Waals surface area contributed by atoms with Gasteiger partial charge in [0.25, 0.3) is 0 Å². The molecule has 28 heavy (non-hydrogen) atoms. The lowest BCUT2D eigenvalue weighted by Crippen LogP contribution is -2.37. The molecule has 2 aliphatic rings. The smallest absolute Gasteiger partial charge is 0.0926 e. The lowest BCUT2D eigenvalue weighted by molar-refractivity contribution is 0.0870. The van der Waals surface area contributed by atoms with Gasteiger partial charge >= 0.3 is 0 Å². The van der Waals surface area contributed by atoms with Crippen LogP contribution in [0.25, 0.3) is 0 Å². The summed E-state index contributed by atoms with van der Waals surface area (Å²) in [5.41, 5.74) is 1.42. The maximum atomic E-state index is 5.10. The lowest BCUT2D eigenvalue weighted by atomic mass is 9.65. The molecule has 6 atom stereocenters. The second-order valence-corrected chi connectivity index (χ2v) is 21.7. The summed E-state index contributed by atoms with van der Waals surface area (Å²) in [6.45, 7) is 23.8. The van der Waals surface area contributed by atoms with E-state index in [1.807, 2.05) is 0 Å². The molecule has 2 saturated carbocycles. The van der Waals surface area contributed by atoms with Crippen molar-refractivity contribution < 1.29 is 0 Å².